The van der Waals surface area contributed by atoms with Crippen molar-refractivity contribution in [1.29, 1.82) is 0 Å². The van der Waals surface area contributed by atoms with Crippen LogP contribution in [0.5, 0.6) is 0 Å². The summed E-state index contributed by atoms with van der Waals surface area (Å²) >= 11 is 4.96. The maximum atomic E-state index is 5.61. The van der Waals surface area contributed by atoms with Gasteiger partial charge in [0, 0.05) is 13.2 Å². The normalized spacial score (nSPS) is 20.5. The minimum atomic E-state index is 0.508. The standard InChI is InChI=1S/C12H24N2OS/c1-2-7-14(10-12(13)16)8-3-5-11-6-4-9-15-11/h11H,2-10H2,1H3,(H2,13,16). The molecule has 0 radical (unpaired) electrons. The van der Waals surface area contributed by atoms with E-state index in [1.54, 1.807) is 0 Å². The third kappa shape index (κ3) is 5.77. The molecule has 4 heteroatoms. The van der Waals surface area contributed by atoms with Crippen molar-refractivity contribution in [3.8, 4) is 0 Å². The molecule has 0 aromatic heterocycles. The molecule has 1 aliphatic rings. The van der Waals surface area contributed by atoms with Crippen LogP contribution in [0.25, 0.3) is 0 Å². The Hall–Kier alpha value is -0.190. The number of nitrogens with zero attached hydrogens (tertiary/aromatic N) is 1. The molecule has 1 unspecified atom stereocenters. The molecule has 1 atom stereocenters. The zero-order valence-corrected chi connectivity index (χ0v) is 11.1. The van der Waals surface area contributed by atoms with Crippen LogP contribution < -0.4 is 5.73 Å². The topological polar surface area (TPSA) is 38.5 Å². The minimum Gasteiger partial charge on any atom is -0.392 e. The van der Waals surface area contributed by atoms with E-state index < -0.39 is 0 Å². The molecule has 1 saturated heterocycles. The first-order chi connectivity index (χ1) is 7.72. The van der Waals surface area contributed by atoms with E-state index in [1.165, 1.54) is 25.7 Å². The highest BCUT2D eigenvalue weighted by molar-refractivity contribution is 7.80. The predicted octanol–water partition coefficient (Wildman–Crippen LogP) is 1.94. The van der Waals surface area contributed by atoms with Gasteiger partial charge in [-0.15, -0.1) is 0 Å². The van der Waals surface area contributed by atoms with Crippen LogP contribution in [0.15, 0.2) is 0 Å². The van der Waals surface area contributed by atoms with E-state index in [1.807, 2.05) is 0 Å². The lowest BCUT2D eigenvalue weighted by Crippen LogP contribution is -2.34. The zero-order chi connectivity index (χ0) is 11.8. The van der Waals surface area contributed by atoms with Gasteiger partial charge in [-0.2, -0.15) is 0 Å². The van der Waals surface area contributed by atoms with Crippen LogP contribution in [-0.4, -0.2) is 42.2 Å². The van der Waals surface area contributed by atoms with Crippen molar-refractivity contribution in [1.82, 2.24) is 4.90 Å². The fourth-order valence-electron chi connectivity index (χ4n) is 2.22. The Kier molecular flexibility index (Phi) is 6.92. The fraction of sp³-hybridized carbons (Fsp3) is 0.917. The summed E-state index contributed by atoms with van der Waals surface area (Å²) in [5, 5.41) is 0. The second-order valence-electron chi connectivity index (χ2n) is 4.52. The van der Waals surface area contributed by atoms with Crippen LogP contribution in [0, 0.1) is 0 Å². The molecule has 0 amide bonds. The molecule has 2 N–H and O–H groups in total. The lowest BCUT2D eigenvalue weighted by molar-refractivity contribution is 0.0993. The van der Waals surface area contributed by atoms with E-state index in [9.17, 15) is 0 Å². The predicted molar refractivity (Wildman–Crippen MR) is 71.7 cm³/mol. The van der Waals surface area contributed by atoms with Gasteiger partial charge in [-0.1, -0.05) is 19.1 Å². The highest BCUT2D eigenvalue weighted by atomic mass is 32.1. The molecule has 16 heavy (non-hydrogen) atoms. The molecule has 1 fully saturated rings. The van der Waals surface area contributed by atoms with Crippen LogP contribution in [0.1, 0.15) is 39.0 Å². The number of nitrogens with two attached hydrogens (primary N) is 1. The molecule has 0 aliphatic carbocycles. The Balaban J connectivity index is 2.12. The van der Waals surface area contributed by atoms with E-state index >= 15 is 0 Å². The van der Waals surface area contributed by atoms with Gasteiger partial charge in [0.1, 0.15) is 0 Å². The van der Waals surface area contributed by atoms with E-state index in [4.69, 9.17) is 22.7 Å². The van der Waals surface area contributed by atoms with Crippen LogP contribution in [0.2, 0.25) is 0 Å². The third-order valence-electron chi connectivity index (χ3n) is 2.94. The second kappa shape index (κ2) is 7.98. The maximum Gasteiger partial charge on any atom is 0.0870 e. The Bertz CT molecular complexity index is 205. The van der Waals surface area contributed by atoms with E-state index in [0.717, 1.165) is 32.7 Å². The van der Waals surface area contributed by atoms with Crippen molar-refractivity contribution in [3.63, 3.8) is 0 Å². The Labute approximate surface area is 104 Å². The van der Waals surface area contributed by atoms with Gasteiger partial charge in [0.15, 0.2) is 0 Å². The Morgan fingerprint density at radius 3 is 2.88 bits per heavy atom. The fourth-order valence-corrected chi connectivity index (χ4v) is 2.40. The summed E-state index contributed by atoms with van der Waals surface area (Å²) in [6, 6.07) is 0. The summed E-state index contributed by atoms with van der Waals surface area (Å²) in [4.78, 5) is 2.95. The average Bonchev–Trinajstić information content (AvgIpc) is 2.70. The molecule has 0 bridgehead atoms. The maximum absolute atomic E-state index is 5.61. The van der Waals surface area contributed by atoms with E-state index in [2.05, 4.69) is 11.8 Å². The van der Waals surface area contributed by atoms with Crippen molar-refractivity contribution in [2.24, 2.45) is 5.73 Å². The summed E-state index contributed by atoms with van der Waals surface area (Å²) in [5.74, 6) is 0. The summed E-state index contributed by atoms with van der Waals surface area (Å²) in [7, 11) is 0. The average molecular weight is 244 g/mol. The van der Waals surface area contributed by atoms with Crippen molar-refractivity contribution >= 4 is 17.2 Å². The molecule has 0 aromatic rings. The van der Waals surface area contributed by atoms with Gasteiger partial charge in [0.2, 0.25) is 0 Å². The van der Waals surface area contributed by atoms with Crippen molar-refractivity contribution in [2.75, 3.05) is 26.2 Å². The number of rotatable bonds is 8. The molecule has 3 nitrogen and oxygen atoms in total. The largest absolute Gasteiger partial charge is 0.392 e. The van der Waals surface area contributed by atoms with Gasteiger partial charge in [-0.05, 0) is 45.2 Å². The van der Waals surface area contributed by atoms with E-state index in [0.29, 0.717) is 11.1 Å². The number of ether oxygens (including phenoxy) is 1. The van der Waals surface area contributed by atoms with Gasteiger partial charge in [-0.3, -0.25) is 4.90 Å². The lowest BCUT2D eigenvalue weighted by atomic mass is 10.1. The lowest BCUT2D eigenvalue weighted by Gasteiger charge is -2.21. The van der Waals surface area contributed by atoms with Gasteiger partial charge < -0.3 is 10.5 Å². The molecule has 1 aliphatic heterocycles. The quantitative estimate of drug-likeness (QED) is 0.662. The number of thiocarbonyl (C=S) groups is 1. The SMILES string of the molecule is CCCN(CCCC1CCCO1)CC(N)=S. The van der Waals surface area contributed by atoms with E-state index in [-0.39, 0.29) is 0 Å². The molecule has 0 saturated carbocycles. The van der Waals surface area contributed by atoms with Gasteiger partial charge in [0.05, 0.1) is 11.1 Å². The zero-order valence-electron chi connectivity index (χ0n) is 10.3. The molecular formula is C12H24N2OS. The van der Waals surface area contributed by atoms with Gasteiger partial charge in [-0.25, -0.2) is 0 Å². The molecule has 1 rings (SSSR count). The summed E-state index contributed by atoms with van der Waals surface area (Å²) in [5.41, 5.74) is 5.58. The van der Waals surface area contributed by atoms with Crippen molar-refractivity contribution in [2.45, 2.75) is 45.1 Å². The smallest absolute Gasteiger partial charge is 0.0870 e. The second-order valence-corrected chi connectivity index (χ2v) is 5.04. The monoisotopic (exact) mass is 244 g/mol. The highest BCUT2D eigenvalue weighted by Gasteiger charge is 2.15. The van der Waals surface area contributed by atoms with Crippen molar-refractivity contribution in [3.05, 3.63) is 0 Å². The first kappa shape index (κ1) is 13.9. The Morgan fingerprint density at radius 2 is 2.31 bits per heavy atom. The van der Waals surface area contributed by atoms with Crippen LogP contribution in [0.3, 0.4) is 0 Å². The van der Waals surface area contributed by atoms with Crippen molar-refractivity contribution < 1.29 is 4.74 Å². The molecular weight excluding hydrogens is 220 g/mol. The minimum absolute atomic E-state index is 0.508. The number of hydrogen-bond donors (Lipinski definition) is 1. The van der Waals surface area contributed by atoms with Crippen LogP contribution in [0.4, 0.5) is 0 Å². The third-order valence-corrected chi connectivity index (χ3v) is 3.07. The molecule has 0 spiro atoms. The van der Waals surface area contributed by atoms with Gasteiger partial charge >= 0.3 is 0 Å². The Morgan fingerprint density at radius 1 is 1.50 bits per heavy atom. The highest BCUT2D eigenvalue weighted by Crippen LogP contribution is 2.16. The summed E-state index contributed by atoms with van der Waals surface area (Å²) in [6.07, 6.45) is 6.50. The van der Waals surface area contributed by atoms with Gasteiger partial charge in [0.25, 0.3) is 0 Å². The molecule has 1 heterocycles. The number of hydrogen-bond acceptors (Lipinski definition) is 3. The summed E-state index contributed by atoms with van der Waals surface area (Å²) < 4.78 is 5.61. The molecule has 0 aromatic carbocycles. The van der Waals surface area contributed by atoms with Crippen LogP contribution in [-0.2, 0) is 4.74 Å². The first-order valence-corrected chi connectivity index (χ1v) is 6.75. The summed E-state index contributed by atoms with van der Waals surface area (Å²) in [6.45, 7) is 6.07. The first-order valence-electron chi connectivity index (χ1n) is 6.34. The molecule has 94 valence electrons. The van der Waals surface area contributed by atoms with Crippen LogP contribution >= 0.6 is 12.2 Å².